The highest BCUT2D eigenvalue weighted by Crippen LogP contribution is 2.32. The Morgan fingerprint density at radius 1 is 0.893 bits per heavy atom. The smallest absolute Gasteiger partial charge is 0.241 e. The third-order valence-electron chi connectivity index (χ3n) is 5.24. The zero-order valence-electron chi connectivity index (χ0n) is 15.9. The van der Waals surface area contributed by atoms with E-state index in [0.29, 0.717) is 24.7 Å². The summed E-state index contributed by atoms with van der Waals surface area (Å²) < 4.78 is 39.2. The summed E-state index contributed by atoms with van der Waals surface area (Å²) in [5, 5.41) is 0. The number of piperidine rings is 1. The van der Waals surface area contributed by atoms with Crippen LogP contribution in [0.4, 0.5) is 0 Å². The molecule has 0 aromatic heterocycles. The molecule has 2 aliphatic rings. The van der Waals surface area contributed by atoms with Crippen molar-refractivity contribution in [2.24, 2.45) is 0 Å². The highest BCUT2D eigenvalue weighted by Gasteiger charge is 2.20. The fourth-order valence-electron chi connectivity index (χ4n) is 3.69. The van der Waals surface area contributed by atoms with Crippen molar-refractivity contribution in [2.45, 2.75) is 37.2 Å². The third kappa shape index (κ3) is 4.48. The van der Waals surface area contributed by atoms with Crippen molar-refractivity contribution in [2.75, 3.05) is 26.3 Å². The summed E-state index contributed by atoms with van der Waals surface area (Å²) in [4.78, 5) is 2.63. The molecule has 0 unspecified atom stereocenters. The van der Waals surface area contributed by atoms with Crippen LogP contribution in [0.1, 0.15) is 30.4 Å². The molecule has 0 amide bonds. The van der Waals surface area contributed by atoms with Gasteiger partial charge in [0.1, 0.15) is 13.2 Å². The lowest BCUT2D eigenvalue weighted by Crippen LogP contribution is -2.30. The Balaban J connectivity index is 1.46. The van der Waals surface area contributed by atoms with E-state index in [1.165, 1.54) is 30.9 Å². The van der Waals surface area contributed by atoms with Gasteiger partial charge >= 0.3 is 0 Å². The molecule has 2 heterocycles. The largest absolute Gasteiger partial charge is 0.486 e. The zero-order chi connectivity index (χ0) is 19.4. The van der Waals surface area contributed by atoms with E-state index in [1.807, 2.05) is 18.2 Å². The second kappa shape index (κ2) is 8.51. The molecule has 2 aliphatic heterocycles. The van der Waals surface area contributed by atoms with Gasteiger partial charge in [-0.25, -0.2) is 13.1 Å². The minimum absolute atomic E-state index is 0.185. The maximum absolute atomic E-state index is 12.8. The molecule has 0 saturated carbocycles. The van der Waals surface area contributed by atoms with Gasteiger partial charge in [0, 0.05) is 19.2 Å². The van der Waals surface area contributed by atoms with Crippen LogP contribution < -0.4 is 14.2 Å². The number of sulfonamides is 1. The maximum Gasteiger partial charge on any atom is 0.241 e. The molecule has 1 saturated heterocycles. The third-order valence-corrected chi connectivity index (χ3v) is 6.64. The van der Waals surface area contributed by atoms with Gasteiger partial charge in [-0.2, -0.15) is 0 Å². The lowest BCUT2D eigenvalue weighted by molar-refractivity contribution is 0.171. The number of benzene rings is 2. The number of hydrogen-bond acceptors (Lipinski definition) is 5. The average molecular weight is 403 g/mol. The van der Waals surface area contributed by atoms with Crippen molar-refractivity contribution in [3.63, 3.8) is 0 Å². The second-order valence-corrected chi connectivity index (χ2v) is 9.00. The molecule has 0 bridgehead atoms. The highest BCUT2D eigenvalue weighted by atomic mass is 32.2. The first-order valence-electron chi connectivity index (χ1n) is 9.80. The van der Waals surface area contributed by atoms with E-state index in [-0.39, 0.29) is 11.4 Å². The summed E-state index contributed by atoms with van der Waals surface area (Å²) in [7, 11) is -3.64. The summed E-state index contributed by atoms with van der Waals surface area (Å²) in [6.45, 7) is 4.25. The number of likely N-dealkylation sites (tertiary alicyclic amines) is 1. The van der Waals surface area contributed by atoms with Gasteiger partial charge in [-0.1, -0.05) is 30.7 Å². The van der Waals surface area contributed by atoms with E-state index in [4.69, 9.17) is 9.47 Å². The Bertz CT molecular complexity index is 924. The molecule has 28 heavy (non-hydrogen) atoms. The van der Waals surface area contributed by atoms with E-state index in [9.17, 15) is 8.42 Å². The van der Waals surface area contributed by atoms with Crippen LogP contribution in [0.2, 0.25) is 0 Å². The van der Waals surface area contributed by atoms with Gasteiger partial charge in [0.2, 0.25) is 10.0 Å². The van der Waals surface area contributed by atoms with E-state index >= 15 is 0 Å². The molecule has 150 valence electrons. The minimum Gasteiger partial charge on any atom is -0.486 e. The molecule has 2 aromatic rings. The predicted molar refractivity (Wildman–Crippen MR) is 107 cm³/mol. The monoisotopic (exact) mass is 402 g/mol. The van der Waals surface area contributed by atoms with Crippen LogP contribution in [0.25, 0.3) is 0 Å². The number of hydrogen-bond donors (Lipinski definition) is 1. The van der Waals surface area contributed by atoms with Crippen LogP contribution in [0.5, 0.6) is 11.5 Å². The molecular weight excluding hydrogens is 376 g/mol. The van der Waals surface area contributed by atoms with E-state index < -0.39 is 10.0 Å². The van der Waals surface area contributed by atoms with E-state index in [0.717, 1.165) is 25.2 Å². The van der Waals surface area contributed by atoms with E-state index in [2.05, 4.69) is 15.7 Å². The van der Waals surface area contributed by atoms with E-state index in [1.54, 1.807) is 12.1 Å². The highest BCUT2D eigenvalue weighted by molar-refractivity contribution is 7.89. The molecule has 1 N–H and O–H groups in total. The first kappa shape index (κ1) is 19.2. The maximum atomic E-state index is 12.8. The molecule has 4 rings (SSSR count). The Kier molecular flexibility index (Phi) is 5.85. The predicted octanol–water partition coefficient (Wildman–Crippen LogP) is 2.92. The lowest BCUT2D eigenvalue weighted by atomic mass is 10.1. The molecule has 0 radical (unpaired) electrons. The fourth-order valence-corrected chi connectivity index (χ4v) is 4.71. The number of ether oxygens (including phenoxy) is 2. The molecule has 1 fully saturated rings. The van der Waals surface area contributed by atoms with Gasteiger partial charge in [0.15, 0.2) is 11.5 Å². The molecule has 0 aliphatic carbocycles. The van der Waals surface area contributed by atoms with Crippen LogP contribution >= 0.6 is 0 Å². The zero-order valence-corrected chi connectivity index (χ0v) is 16.7. The lowest BCUT2D eigenvalue weighted by Gasteiger charge is -2.27. The molecule has 6 nitrogen and oxygen atoms in total. The Morgan fingerprint density at radius 2 is 1.61 bits per heavy atom. The van der Waals surface area contributed by atoms with Gasteiger partial charge < -0.3 is 9.47 Å². The summed E-state index contributed by atoms with van der Waals surface area (Å²) in [6, 6.07) is 12.8. The van der Waals surface area contributed by atoms with Crippen LogP contribution in [0.15, 0.2) is 47.4 Å². The summed E-state index contributed by atoms with van der Waals surface area (Å²) in [5.74, 6) is 1.05. The number of nitrogens with zero attached hydrogens (tertiary/aromatic N) is 1. The molecular formula is C21H26N2O4S. The van der Waals surface area contributed by atoms with Crippen molar-refractivity contribution in [3.8, 4) is 11.5 Å². The number of rotatable bonds is 6. The van der Waals surface area contributed by atoms with Gasteiger partial charge in [0.25, 0.3) is 0 Å². The normalized spacial score (nSPS) is 17.4. The molecule has 7 heteroatoms. The first-order chi connectivity index (χ1) is 13.6. The number of fused-ring (bicyclic) bond motifs is 1. The Morgan fingerprint density at radius 3 is 2.39 bits per heavy atom. The van der Waals surface area contributed by atoms with Crippen LogP contribution in [-0.2, 0) is 23.1 Å². The standard InChI is InChI=1S/C21H26N2O4S/c24-28(25,19-8-9-20-21(14-19)27-13-12-26-20)22-15-17-6-2-3-7-18(17)16-23-10-4-1-5-11-23/h2-3,6-9,14,22H,1,4-5,10-13,15-16H2. The number of nitrogens with one attached hydrogen (secondary N) is 1. The topological polar surface area (TPSA) is 67.9 Å². The van der Waals surface area contributed by atoms with Crippen molar-refractivity contribution in [3.05, 3.63) is 53.6 Å². The van der Waals surface area contributed by atoms with Crippen molar-refractivity contribution >= 4 is 10.0 Å². The summed E-state index contributed by atoms with van der Waals surface area (Å²) >= 11 is 0. The molecule has 2 aromatic carbocycles. The Labute approximate surface area is 166 Å². The van der Waals surface area contributed by atoms with Gasteiger partial charge in [0.05, 0.1) is 4.90 Å². The van der Waals surface area contributed by atoms with Crippen molar-refractivity contribution in [1.82, 2.24) is 9.62 Å². The van der Waals surface area contributed by atoms with Gasteiger partial charge in [-0.15, -0.1) is 0 Å². The van der Waals surface area contributed by atoms with Crippen LogP contribution in [0.3, 0.4) is 0 Å². The van der Waals surface area contributed by atoms with Crippen molar-refractivity contribution < 1.29 is 17.9 Å². The molecule has 0 spiro atoms. The fraction of sp³-hybridized carbons (Fsp3) is 0.429. The molecule has 0 atom stereocenters. The van der Waals surface area contributed by atoms with Gasteiger partial charge in [-0.3, -0.25) is 4.90 Å². The van der Waals surface area contributed by atoms with Gasteiger partial charge in [-0.05, 0) is 49.2 Å². The second-order valence-electron chi connectivity index (χ2n) is 7.24. The average Bonchev–Trinajstić information content (AvgIpc) is 2.73. The van der Waals surface area contributed by atoms with Crippen LogP contribution in [0, 0.1) is 0 Å². The first-order valence-corrected chi connectivity index (χ1v) is 11.3. The SMILES string of the molecule is O=S(=O)(NCc1ccccc1CN1CCCCC1)c1ccc2c(c1)OCCO2. The minimum atomic E-state index is -3.64. The Hall–Kier alpha value is -2.09. The van der Waals surface area contributed by atoms with Crippen molar-refractivity contribution in [1.29, 1.82) is 0 Å². The summed E-state index contributed by atoms with van der Waals surface area (Å²) in [5.41, 5.74) is 2.18. The summed E-state index contributed by atoms with van der Waals surface area (Å²) in [6.07, 6.45) is 3.77. The quantitative estimate of drug-likeness (QED) is 0.805. The van der Waals surface area contributed by atoms with Crippen LogP contribution in [-0.4, -0.2) is 39.6 Å².